The molecular formula is C15H20F2IN5O2. The quantitative estimate of drug-likeness (QED) is 0.282. The molecule has 2 aromatic rings. The minimum absolute atomic E-state index is 0. The van der Waals surface area contributed by atoms with Crippen LogP contribution < -0.4 is 15.4 Å². The largest absolute Gasteiger partial charge is 0.489 e. The van der Waals surface area contributed by atoms with Gasteiger partial charge < -0.3 is 19.9 Å². The van der Waals surface area contributed by atoms with Crippen LogP contribution in [-0.2, 0) is 6.54 Å². The molecule has 0 amide bonds. The first-order valence-corrected chi connectivity index (χ1v) is 7.47. The van der Waals surface area contributed by atoms with Gasteiger partial charge in [-0.1, -0.05) is 5.16 Å². The molecule has 0 atom stereocenters. The Kier molecular flexibility index (Phi) is 9.10. The molecule has 0 spiro atoms. The maximum Gasteiger partial charge on any atom is 0.223 e. The van der Waals surface area contributed by atoms with Crippen LogP contribution in [0.3, 0.4) is 0 Å². The van der Waals surface area contributed by atoms with E-state index >= 15 is 0 Å². The molecule has 138 valence electrons. The fourth-order valence-corrected chi connectivity index (χ4v) is 1.82. The lowest BCUT2D eigenvalue weighted by Gasteiger charge is -2.12. The van der Waals surface area contributed by atoms with E-state index in [1.165, 1.54) is 6.07 Å². The highest BCUT2D eigenvalue weighted by Gasteiger charge is 2.05. The number of hydrogen-bond acceptors (Lipinski definition) is 5. The second-order valence-electron chi connectivity index (χ2n) is 4.77. The van der Waals surface area contributed by atoms with Crippen molar-refractivity contribution in [1.29, 1.82) is 0 Å². The van der Waals surface area contributed by atoms with E-state index in [1.54, 1.807) is 6.92 Å². The van der Waals surface area contributed by atoms with Crippen LogP contribution in [0, 0.1) is 18.6 Å². The minimum atomic E-state index is -0.733. The molecule has 0 aliphatic rings. The van der Waals surface area contributed by atoms with Crippen molar-refractivity contribution >= 4 is 29.9 Å². The van der Waals surface area contributed by atoms with E-state index in [0.29, 0.717) is 30.8 Å². The molecule has 0 fully saturated rings. The second kappa shape index (κ2) is 10.8. The summed E-state index contributed by atoms with van der Waals surface area (Å²) < 4.78 is 36.4. The van der Waals surface area contributed by atoms with E-state index in [1.807, 2.05) is 6.92 Å². The number of rotatable bonds is 7. The average Bonchev–Trinajstić information content (AvgIpc) is 2.96. The first-order chi connectivity index (χ1) is 11.6. The van der Waals surface area contributed by atoms with Crippen LogP contribution in [-0.4, -0.2) is 35.8 Å². The van der Waals surface area contributed by atoms with E-state index in [0.717, 1.165) is 12.1 Å². The maximum absolute atomic E-state index is 13.4. The van der Waals surface area contributed by atoms with E-state index in [4.69, 9.17) is 9.26 Å². The van der Waals surface area contributed by atoms with E-state index in [-0.39, 0.29) is 42.9 Å². The molecule has 0 aliphatic carbocycles. The second-order valence-corrected chi connectivity index (χ2v) is 4.77. The monoisotopic (exact) mass is 467 g/mol. The van der Waals surface area contributed by atoms with Gasteiger partial charge in [-0.05, 0) is 19.1 Å². The number of hydrogen-bond donors (Lipinski definition) is 2. The number of guanidine groups is 1. The summed E-state index contributed by atoms with van der Waals surface area (Å²) in [6.45, 7) is 5.14. The van der Waals surface area contributed by atoms with E-state index in [2.05, 4.69) is 25.8 Å². The molecule has 0 saturated heterocycles. The predicted octanol–water partition coefficient (Wildman–Crippen LogP) is 2.41. The fraction of sp³-hybridized carbons (Fsp3) is 0.400. The molecule has 0 aliphatic heterocycles. The highest BCUT2D eigenvalue weighted by atomic mass is 127. The lowest BCUT2D eigenvalue weighted by molar-refractivity contribution is 0.304. The van der Waals surface area contributed by atoms with Gasteiger partial charge in [0.15, 0.2) is 23.4 Å². The Labute approximate surface area is 161 Å². The standard InChI is InChI=1S/C15H19F2N5O2.HI/c1-3-18-15(20-9-14-21-10(2)24-22-14)19-6-7-23-13-5-4-11(16)8-12(13)17;/h4-5,8H,3,6-7,9H2,1-2H3,(H2,18,19,20);1H. The summed E-state index contributed by atoms with van der Waals surface area (Å²) in [4.78, 5) is 8.36. The van der Waals surface area contributed by atoms with Gasteiger partial charge in [0.25, 0.3) is 0 Å². The van der Waals surface area contributed by atoms with Crippen molar-refractivity contribution in [3.05, 3.63) is 41.5 Å². The van der Waals surface area contributed by atoms with E-state index in [9.17, 15) is 8.78 Å². The highest BCUT2D eigenvalue weighted by Crippen LogP contribution is 2.17. The molecule has 10 heteroatoms. The van der Waals surface area contributed by atoms with E-state index < -0.39 is 11.6 Å². The van der Waals surface area contributed by atoms with Crippen LogP contribution in [0.4, 0.5) is 8.78 Å². The predicted molar refractivity (Wildman–Crippen MR) is 99.1 cm³/mol. The summed E-state index contributed by atoms with van der Waals surface area (Å²) in [6, 6.07) is 3.17. The van der Waals surface area contributed by atoms with Gasteiger partial charge in [0, 0.05) is 19.5 Å². The lowest BCUT2D eigenvalue weighted by Crippen LogP contribution is -2.39. The van der Waals surface area contributed by atoms with Crippen LogP contribution in [0.5, 0.6) is 5.75 Å². The average molecular weight is 467 g/mol. The number of nitrogens with zero attached hydrogens (tertiary/aromatic N) is 3. The summed E-state index contributed by atoms with van der Waals surface area (Å²) in [7, 11) is 0. The Morgan fingerprint density at radius 3 is 2.76 bits per heavy atom. The lowest BCUT2D eigenvalue weighted by atomic mass is 10.3. The van der Waals surface area contributed by atoms with Gasteiger partial charge in [0.05, 0.1) is 6.54 Å². The number of aryl methyl sites for hydroxylation is 1. The molecule has 7 nitrogen and oxygen atoms in total. The number of benzene rings is 1. The molecule has 1 aromatic carbocycles. The third kappa shape index (κ3) is 7.20. The third-order valence-electron chi connectivity index (χ3n) is 2.84. The molecular weight excluding hydrogens is 447 g/mol. The smallest absolute Gasteiger partial charge is 0.223 e. The van der Waals surface area contributed by atoms with Gasteiger partial charge >= 0.3 is 0 Å². The summed E-state index contributed by atoms with van der Waals surface area (Å²) in [5.41, 5.74) is 0. The van der Waals surface area contributed by atoms with Crippen LogP contribution in [0.25, 0.3) is 0 Å². The number of ether oxygens (including phenoxy) is 1. The molecule has 1 heterocycles. The molecule has 2 N–H and O–H groups in total. The number of halogens is 3. The summed E-state index contributed by atoms with van der Waals surface area (Å²) in [6.07, 6.45) is 0. The Bertz CT molecular complexity index is 696. The molecule has 0 radical (unpaired) electrons. The van der Waals surface area contributed by atoms with Crippen molar-refractivity contribution in [2.45, 2.75) is 20.4 Å². The Morgan fingerprint density at radius 2 is 2.12 bits per heavy atom. The SMILES string of the molecule is CCNC(=NCc1noc(C)n1)NCCOc1ccc(F)cc1F.I. The molecule has 2 rings (SSSR count). The van der Waals surface area contributed by atoms with Crippen molar-refractivity contribution in [2.75, 3.05) is 19.7 Å². The van der Waals surface area contributed by atoms with Gasteiger partial charge in [-0.25, -0.2) is 13.8 Å². The Balaban J connectivity index is 0.00000312. The highest BCUT2D eigenvalue weighted by molar-refractivity contribution is 14.0. The fourth-order valence-electron chi connectivity index (χ4n) is 1.82. The van der Waals surface area contributed by atoms with Crippen molar-refractivity contribution in [3.8, 4) is 5.75 Å². The number of nitrogens with one attached hydrogen (secondary N) is 2. The van der Waals surface area contributed by atoms with Crippen LogP contribution in [0.2, 0.25) is 0 Å². The Morgan fingerprint density at radius 1 is 1.32 bits per heavy atom. The van der Waals surface area contributed by atoms with Crippen LogP contribution in [0.1, 0.15) is 18.6 Å². The topological polar surface area (TPSA) is 84.6 Å². The first kappa shape index (κ1) is 21.1. The van der Waals surface area contributed by atoms with Crippen molar-refractivity contribution in [2.24, 2.45) is 4.99 Å². The zero-order valence-electron chi connectivity index (χ0n) is 13.9. The van der Waals surface area contributed by atoms with Crippen LogP contribution in [0.15, 0.2) is 27.7 Å². The zero-order valence-corrected chi connectivity index (χ0v) is 16.2. The third-order valence-corrected chi connectivity index (χ3v) is 2.84. The van der Waals surface area contributed by atoms with Crippen molar-refractivity contribution < 1.29 is 18.0 Å². The molecule has 0 saturated carbocycles. The number of aliphatic imine (C=N–C) groups is 1. The maximum atomic E-state index is 13.4. The zero-order chi connectivity index (χ0) is 17.4. The summed E-state index contributed by atoms with van der Waals surface area (Å²) in [5, 5.41) is 9.84. The van der Waals surface area contributed by atoms with Gasteiger partial charge in [0.1, 0.15) is 19.0 Å². The Hall–Kier alpha value is -1.98. The molecule has 0 bridgehead atoms. The van der Waals surface area contributed by atoms with Crippen LogP contribution >= 0.6 is 24.0 Å². The molecule has 25 heavy (non-hydrogen) atoms. The first-order valence-electron chi connectivity index (χ1n) is 7.47. The molecule has 1 aromatic heterocycles. The van der Waals surface area contributed by atoms with Gasteiger partial charge in [-0.3, -0.25) is 0 Å². The van der Waals surface area contributed by atoms with Gasteiger partial charge in [0.2, 0.25) is 5.89 Å². The van der Waals surface area contributed by atoms with Crippen molar-refractivity contribution in [3.63, 3.8) is 0 Å². The normalized spacial score (nSPS) is 11.0. The summed E-state index contributed by atoms with van der Waals surface area (Å²) >= 11 is 0. The van der Waals surface area contributed by atoms with Gasteiger partial charge in [-0.15, -0.1) is 24.0 Å². The van der Waals surface area contributed by atoms with Crippen molar-refractivity contribution in [1.82, 2.24) is 20.8 Å². The number of aromatic nitrogens is 2. The summed E-state index contributed by atoms with van der Waals surface area (Å²) in [5.74, 6) is 0.132. The van der Waals surface area contributed by atoms with Gasteiger partial charge in [-0.2, -0.15) is 4.98 Å². The molecule has 0 unspecified atom stereocenters. The minimum Gasteiger partial charge on any atom is -0.489 e.